The number of nitrogens with zero attached hydrogens (tertiary/aromatic N) is 1. The number of carbonyl (C=O) groups is 1. The van der Waals surface area contributed by atoms with E-state index in [1.165, 1.54) is 24.3 Å². The highest BCUT2D eigenvalue weighted by molar-refractivity contribution is 7.89. The highest BCUT2D eigenvalue weighted by Crippen LogP contribution is 2.14. The maximum Gasteiger partial charge on any atom is 0.320 e. The third-order valence-electron chi connectivity index (χ3n) is 2.88. The lowest BCUT2D eigenvalue weighted by atomic mass is 10.3. The Balaban J connectivity index is 2.49. The molecule has 1 aromatic carbocycles. The van der Waals surface area contributed by atoms with Gasteiger partial charge in [-0.2, -0.15) is 0 Å². The predicted molar refractivity (Wildman–Crippen MR) is 73.0 cm³/mol. The molecule has 0 aliphatic rings. The molecule has 8 heteroatoms. The minimum Gasteiger partial charge on any atom is -0.492 e. The summed E-state index contributed by atoms with van der Waals surface area (Å²) in [6, 6.07) is 5.12. The van der Waals surface area contributed by atoms with E-state index in [2.05, 4.69) is 0 Å². The van der Waals surface area contributed by atoms with Crippen molar-refractivity contribution in [3.63, 3.8) is 0 Å². The average molecular weight is 302 g/mol. The van der Waals surface area contributed by atoms with Crippen LogP contribution < -0.4 is 9.88 Å². The number of hydrogen-bond donors (Lipinski definition) is 2. The van der Waals surface area contributed by atoms with Gasteiger partial charge >= 0.3 is 5.97 Å². The van der Waals surface area contributed by atoms with Crippen molar-refractivity contribution < 1.29 is 23.1 Å². The first kappa shape index (κ1) is 16.4. The number of nitrogens with two attached hydrogens (primary N) is 1. The Hall–Kier alpha value is -1.64. The van der Waals surface area contributed by atoms with Crippen molar-refractivity contribution in [2.45, 2.75) is 17.9 Å². The molecular weight excluding hydrogens is 284 g/mol. The molecule has 0 heterocycles. The highest BCUT2D eigenvalue weighted by atomic mass is 32.2. The van der Waals surface area contributed by atoms with E-state index in [4.69, 9.17) is 15.0 Å². The normalized spacial score (nSPS) is 13.2. The van der Waals surface area contributed by atoms with E-state index in [0.29, 0.717) is 18.9 Å². The van der Waals surface area contributed by atoms with Gasteiger partial charge < -0.3 is 9.84 Å². The van der Waals surface area contributed by atoms with E-state index in [-0.39, 0.29) is 4.90 Å². The van der Waals surface area contributed by atoms with Crippen LogP contribution in [0.3, 0.4) is 0 Å². The summed E-state index contributed by atoms with van der Waals surface area (Å²) in [4.78, 5) is 12.4. The lowest BCUT2D eigenvalue weighted by molar-refractivity contribution is -0.142. The van der Waals surface area contributed by atoms with E-state index in [1.54, 1.807) is 18.9 Å². The standard InChI is InChI=1S/C12H18N2O5S/c1-9(12(15)16)14(2)7-8-19-10-3-5-11(6-4-10)20(13,17)18/h3-6,9H,7-8H2,1-2H3,(H,15,16)(H2,13,17,18). The summed E-state index contributed by atoms with van der Waals surface area (Å²) >= 11 is 0. The van der Waals surface area contributed by atoms with Crippen molar-refractivity contribution in [2.24, 2.45) is 5.14 Å². The Bertz CT molecular complexity index is 556. The van der Waals surface area contributed by atoms with Gasteiger partial charge in [-0.25, -0.2) is 13.6 Å². The van der Waals surface area contributed by atoms with E-state index in [0.717, 1.165) is 0 Å². The topological polar surface area (TPSA) is 110 Å². The van der Waals surface area contributed by atoms with Gasteiger partial charge in [0.2, 0.25) is 10.0 Å². The van der Waals surface area contributed by atoms with Crippen molar-refractivity contribution in [1.29, 1.82) is 0 Å². The Morgan fingerprint density at radius 1 is 1.40 bits per heavy atom. The molecular formula is C12H18N2O5S. The third kappa shape index (κ3) is 4.80. The van der Waals surface area contributed by atoms with Crippen molar-refractivity contribution in [3.8, 4) is 5.75 Å². The number of ether oxygens (including phenoxy) is 1. The lowest BCUT2D eigenvalue weighted by Gasteiger charge is -2.20. The first-order chi connectivity index (χ1) is 9.21. The SMILES string of the molecule is CC(C(=O)O)N(C)CCOc1ccc(S(N)(=O)=O)cc1. The molecule has 1 unspecified atom stereocenters. The van der Waals surface area contributed by atoms with Crippen LogP contribution in [0.2, 0.25) is 0 Å². The van der Waals surface area contributed by atoms with E-state index in [1.807, 2.05) is 0 Å². The minimum absolute atomic E-state index is 0.0152. The quantitative estimate of drug-likeness (QED) is 0.740. The van der Waals surface area contributed by atoms with Crippen LogP contribution in [-0.4, -0.2) is 50.6 Å². The number of hydrogen-bond acceptors (Lipinski definition) is 5. The van der Waals surface area contributed by atoms with Gasteiger partial charge in [-0.3, -0.25) is 9.69 Å². The Morgan fingerprint density at radius 2 is 1.95 bits per heavy atom. The van der Waals surface area contributed by atoms with Gasteiger partial charge in [0.1, 0.15) is 18.4 Å². The van der Waals surface area contributed by atoms with Gasteiger partial charge in [0.15, 0.2) is 0 Å². The minimum atomic E-state index is -3.70. The van der Waals surface area contributed by atoms with Gasteiger partial charge in [-0.05, 0) is 38.2 Å². The Labute approximate surface area is 118 Å². The van der Waals surface area contributed by atoms with Gasteiger partial charge in [-0.15, -0.1) is 0 Å². The molecule has 0 radical (unpaired) electrons. The predicted octanol–water partition coefficient (Wildman–Crippen LogP) is 0.118. The smallest absolute Gasteiger partial charge is 0.320 e. The fraction of sp³-hybridized carbons (Fsp3) is 0.417. The van der Waals surface area contributed by atoms with E-state index >= 15 is 0 Å². The Morgan fingerprint density at radius 3 is 2.40 bits per heavy atom. The summed E-state index contributed by atoms with van der Waals surface area (Å²) < 4.78 is 27.5. The number of carboxylic acids is 1. The monoisotopic (exact) mass is 302 g/mol. The van der Waals surface area contributed by atoms with Crippen molar-refractivity contribution in [2.75, 3.05) is 20.2 Å². The second-order valence-electron chi connectivity index (χ2n) is 4.36. The molecule has 0 saturated carbocycles. The third-order valence-corrected chi connectivity index (χ3v) is 3.81. The largest absolute Gasteiger partial charge is 0.492 e. The first-order valence-corrected chi connectivity index (χ1v) is 7.45. The van der Waals surface area contributed by atoms with Crippen LogP contribution in [0.25, 0.3) is 0 Å². The molecule has 1 aromatic rings. The molecule has 0 aliphatic heterocycles. The number of likely N-dealkylation sites (N-methyl/N-ethyl adjacent to an activating group) is 1. The molecule has 0 amide bonds. The fourth-order valence-electron chi connectivity index (χ4n) is 1.42. The van der Waals surface area contributed by atoms with Gasteiger partial charge in [0, 0.05) is 6.54 Å². The van der Waals surface area contributed by atoms with Crippen LogP contribution in [0, 0.1) is 0 Å². The van der Waals surface area contributed by atoms with Crippen LogP contribution >= 0.6 is 0 Å². The number of sulfonamides is 1. The molecule has 0 bridgehead atoms. The molecule has 0 spiro atoms. The summed E-state index contributed by atoms with van der Waals surface area (Å²) in [7, 11) is -2.02. The second-order valence-corrected chi connectivity index (χ2v) is 5.92. The number of rotatable bonds is 7. The summed E-state index contributed by atoms with van der Waals surface area (Å²) in [6.45, 7) is 2.32. The number of carboxylic acid groups (broad SMARTS) is 1. The van der Waals surface area contributed by atoms with Crippen molar-refractivity contribution in [3.05, 3.63) is 24.3 Å². The molecule has 0 saturated heterocycles. The van der Waals surface area contributed by atoms with Crippen LogP contribution in [-0.2, 0) is 14.8 Å². The molecule has 0 aliphatic carbocycles. The van der Waals surface area contributed by atoms with Crippen molar-refractivity contribution in [1.82, 2.24) is 4.90 Å². The fourth-order valence-corrected chi connectivity index (χ4v) is 1.93. The Kier molecular flexibility index (Phi) is 5.49. The zero-order valence-corrected chi connectivity index (χ0v) is 12.1. The number of aliphatic carboxylic acids is 1. The van der Waals surface area contributed by atoms with Crippen LogP contribution in [0.5, 0.6) is 5.75 Å². The summed E-state index contributed by atoms with van der Waals surface area (Å²) in [6.07, 6.45) is 0. The molecule has 7 nitrogen and oxygen atoms in total. The highest BCUT2D eigenvalue weighted by Gasteiger charge is 2.16. The number of benzene rings is 1. The average Bonchev–Trinajstić information content (AvgIpc) is 2.37. The molecule has 3 N–H and O–H groups in total. The molecule has 0 aromatic heterocycles. The lowest BCUT2D eigenvalue weighted by Crippen LogP contribution is -2.38. The molecule has 112 valence electrons. The maximum atomic E-state index is 11.1. The molecule has 1 atom stereocenters. The first-order valence-electron chi connectivity index (χ1n) is 5.90. The summed E-state index contributed by atoms with van der Waals surface area (Å²) in [5.74, 6) is -0.404. The number of primary sulfonamides is 1. The van der Waals surface area contributed by atoms with Crippen LogP contribution in [0.15, 0.2) is 29.2 Å². The van der Waals surface area contributed by atoms with Gasteiger partial charge in [-0.1, -0.05) is 0 Å². The summed E-state index contributed by atoms with van der Waals surface area (Å²) in [5, 5.41) is 13.8. The zero-order valence-electron chi connectivity index (χ0n) is 11.3. The summed E-state index contributed by atoms with van der Waals surface area (Å²) in [5.41, 5.74) is 0. The maximum absolute atomic E-state index is 11.1. The van der Waals surface area contributed by atoms with Gasteiger partial charge in [0.25, 0.3) is 0 Å². The molecule has 1 rings (SSSR count). The molecule has 0 fully saturated rings. The van der Waals surface area contributed by atoms with E-state index in [9.17, 15) is 13.2 Å². The molecule has 20 heavy (non-hydrogen) atoms. The zero-order chi connectivity index (χ0) is 15.3. The van der Waals surface area contributed by atoms with Crippen molar-refractivity contribution >= 4 is 16.0 Å². The van der Waals surface area contributed by atoms with Crippen LogP contribution in [0.1, 0.15) is 6.92 Å². The van der Waals surface area contributed by atoms with Gasteiger partial charge in [0.05, 0.1) is 4.90 Å². The van der Waals surface area contributed by atoms with E-state index < -0.39 is 22.0 Å². The second kappa shape index (κ2) is 6.69. The van der Waals surface area contributed by atoms with Crippen LogP contribution in [0.4, 0.5) is 0 Å².